The summed E-state index contributed by atoms with van der Waals surface area (Å²) in [5.74, 6) is 1.86. The second kappa shape index (κ2) is 6.39. The SMILES string of the molecule is CCCCNC(=O)[C@@H]1C[C@@H]2CCCC[C@@H]2CN1. The third kappa shape index (κ3) is 3.44. The minimum absolute atomic E-state index is 0.0752. The Labute approximate surface area is 105 Å². The first-order valence-corrected chi connectivity index (χ1v) is 7.32. The number of rotatable bonds is 4. The lowest BCUT2D eigenvalue weighted by Gasteiger charge is -2.39. The normalized spacial score (nSPS) is 32.9. The van der Waals surface area contributed by atoms with Gasteiger partial charge >= 0.3 is 0 Å². The Kier molecular flexibility index (Phi) is 4.84. The molecule has 2 aliphatic rings. The summed E-state index contributed by atoms with van der Waals surface area (Å²) in [7, 11) is 0. The summed E-state index contributed by atoms with van der Waals surface area (Å²) in [4.78, 5) is 12.0. The van der Waals surface area contributed by atoms with Crippen LogP contribution in [0.25, 0.3) is 0 Å². The highest BCUT2D eigenvalue weighted by Gasteiger charge is 2.34. The molecule has 1 saturated heterocycles. The van der Waals surface area contributed by atoms with Crippen molar-refractivity contribution in [3.05, 3.63) is 0 Å². The minimum Gasteiger partial charge on any atom is -0.355 e. The van der Waals surface area contributed by atoms with Gasteiger partial charge in [-0.05, 0) is 37.6 Å². The van der Waals surface area contributed by atoms with Crippen LogP contribution in [0, 0.1) is 11.8 Å². The van der Waals surface area contributed by atoms with Gasteiger partial charge in [0.05, 0.1) is 6.04 Å². The zero-order valence-corrected chi connectivity index (χ0v) is 11.0. The highest BCUT2D eigenvalue weighted by atomic mass is 16.2. The second-order valence-corrected chi connectivity index (χ2v) is 5.65. The lowest BCUT2D eigenvalue weighted by atomic mass is 9.73. The predicted molar refractivity (Wildman–Crippen MR) is 69.8 cm³/mol. The molecule has 0 aromatic carbocycles. The summed E-state index contributed by atoms with van der Waals surface area (Å²) in [6.45, 7) is 4.04. The van der Waals surface area contributed by atoms with Crippen molar-refractivity contribution in [2.45, 2.75) is 57.9 Å². The van der Waals surface area contributed by atoms with Crippen molar-refractivity contribution in [3.8, 4) is 0 Å². The molecule has 2 N–H and O–H groups in total. The monoisotopic (exact) mass is 238 g/mol. The average Bonchev–Trinajstić information content (AvgIpc) is 2.38. The van der Waals surface area contributed by atoms with Crippen molar-refractivity contribution >= 4 is 5.91 Å². The Hall–Kier alpha value is -0.570. The zero-order chi connectivity index (χ0) is 12.1. The summed E-state index contributed by atoms with van der Waals surface area (Å²) >= 11 is 0. The van der Waals surface area contributed by atoms with Crippen LogP contribution < -0.4 is 10.6 Å². The molecule has 98 valence electrons. The molecule has 3 atom stereocenters. The topological polar surface area (TPSA) is 41.1 Å². The Bertz CT molecular complexity index is 255. The molecule has 0 aromatic rings. The molecule has 1 aliphatic heterocycles. The van der Waals surface area contributed by atoms with Gasteiger partial charge in [-0.3, -0.25) is 4.79 Å². The number of hydrogen-bond acceptors (Lipinski definition) is 2. The van der Waals surface area contributed by atoms with E-state index in [2.05, 4.69) is 17.6 Å². The number of carbonyl (C=O) groups is 1. The number of nitrogens with one attached hydrogen (secondary N) is 2. The molecular formula is C14H26N2O. The van der Waals surface area contributed by atoms with Gasteiger partial charge in [0.15, 0.2) is 0 Å². The van der Waals surface area contributed by atoms with Crippen molar-refractivity contribution in [3.63, 3.8) is 0 Å². The fraction of sp³-hybridized carbons (Fsp3) is 0.929. The van der Waals surface area contributed by atoms with Gasteiger partial charge in [0, 0.05) is 6.54 Å². The number of piperidine rings is 1. The lowest BCUT2D eigenvalue weighted by Crippen LogP contribution is -2.52. The Morgan fingerprint density at radius 2 is 2.06 bits per heavy atom. The van der Waals surface area contributed by atoms with E-state index in [1.165, 1.54) is 25.7 Å². The molecule has 1 saturated carbocycles. The van der Waals surface area contributed by atoms with Gasteiger partial charge in [-0.15, -0.1) is 0 Å². The molecule has 0 radical (unpaired) electrons. The number of unbranched alkanes of at least 4 members (excludes halogenated alkanes) is 1. The van der Waals surface area contributed by atoms with E-state index in [4.69, 9.17) is 0 Å². The van der Waals surface area contributed by atoms with Crippen LogP contribution in [-0.2, 0) is 4.79 Å². The largest absolute Gasteiger partial charge is 0.355 e. The van der Waals surface area contributed by atoms with Crippen LogP contribution in [0.3, 0.4) is 0 Å². The first-order valence-electron chi connectivity index (χ1n) is 7.32. The van der Waals surface area contributed by atoms with Crippen LogP contribution >= 0.6 is 0 Å². The summed E-state index contributed by atoms with van der Waals surface area (Å²) in [5.41, 5.74) is 0. The molecule has 1 aliphatic carbocycles. The standard InChI is InChI=1S/C14H26N2O/c1-2-3-8-15-14(17)13-9-11-6-4-5-7-12(11)10-16-13/h11-13,16H,2-10H2,1H3,(H,15,17)/t11-,12+,13-/m0/s1. The first-order chi connectivity index (χ1) is 8.31. The van der Waals surface area contributed by atoms with Crippen LogP contribution in [0.1, 0.15) is 51.9 Å². The molecule has 0 aromatic heterocycles. The molecule has 2 fully saturated rings. The molecule has 0 unspecified atom stereocenters. The lowest BCUT2D eigenvalue weighted by molar-refractivity contribution is -0.124. The van der Waals surface area contributed by atoms with Crippen LogP contribution in [0.4, 0.5) is 0 Å². The van der Waals surface area contributed by atoms with E-state index >= 15 is 0 Å². The van der Waals surface area contributed by atoms with Gasteiger partial charge < -0.3 is 10.6 Å². The van der Waals surface area contributed by atoms with E-state index in [0.29, 0.717) is 0 Å². The van der Waals surface area contributed by atoms with Crippen molar-refractivity contribution in [1.29, 1.82) is 0 Å². The Morgan fingerprint density at radius 1 is 1.29 bits per heavy atom. The van der Waals surface area contributed by atoms with E-state index in [0.717, 1.165) is 44.2 Å². The van der Waals surface area contributed by atoms with E-state index in [1.807, 2.05) is 0 Å². The van der Waals surface area contributed by atoms with E-state index in [1.54, 1.807) is 0 Å². The number of amides is 1. The quantitative estimate of drug-likeness (QED) is 0.736. The minimum atomic E-state index is 0.0752. The maximum atomic E-state index is 12.0. The van der Waals surface area contributed by atoms with Crippen LogP contribution in [0.5, 0.6) is 0 Å². The molecule has 1 amide bonds. The van der Waals surface area contributed by atoms with Gasteiger partial charge in [0.2, 0.25) is 5.91 Å². The Balaban J connectivity index is 1.76. The molecule has 1 heterocycles. The molecule has 17 heavy (non-hydrogen) atoms. The van der Waals surface area contributed by atoms with Crippen molar-refractivity contribution in [1.82, 2.24) is 10.6 Å². The summed E-state index contributed by atoms with van der Waals surface area (Å²) in [5, 5.41) is 6.48. The molecular weight excluding hydrogens is 212 g/mol. The third-order valence-corrected chi connectivity index (χ3v) is 4.38. The Morgan fingerprint density at radius 3 is 2.82 bits per heavy atom. The highest BCUT2D eigenvalue weighted by molar-refractivity contribution is 5.81. The van der Waals surface area contributed by atoms with Gasteiger partial charge in [-0.25, -0.2) is 0 Å². The summed E-state index contributed by atoms with van der Waals surface area (Å²) in [6, 6.07) is 0.0752. The summed E-state index contributed by atoms with van der Waals surface area (Å²) < 4.78 is 0. The third-order valence-electron chi connectivity index (χ3n) is 4.38. The summed E-state index contributed by atoms with van der Waals surface area (Å²) in [6.07, 6.45) is 8.74. The van der Waals surface area contributed by atoms with E-state index in [-0.39, 0.29) is 11.9 Å². The van der Waals surface area contributed by atoms with Crippen molar-refractivity contribution in [2.24, 2.45) is 11.8 Å². The number of fused-ring (bicyclic) bond motifs is 1. The smallest absolute Gasteiger partial charge is 0.237 e. The first kappa shape index (κ1) is 12.9. The molecule has 3 heteroatoms. The maximum Gasteiger partial charge on any atom is 0.237 e. The fourth-order valence-corrected chi connectivity index (χ4v) is 3.25. The van der Waals surface area contributed by atoms with E-state index < -0.39 is 0 Å². The van der Waals surface area contributed by atoms with Gasteiger partial charge in [0.25, 0.3) is 0 Å². The molecule has 3 nitrogen and oxygen atoms in total. The fourth-order valence-electron chi connectivity index (χ4n) is 3.25. The predicted octanol–water partition coefficient (Wildman–Crippen LogP) is 2.07. The zero-order valence-electron chi connectivity index (χ0n) is 11.0. The van der Waals surface area contributed by atoms with Gasteiger partial charge in [0.1, 0.15) is 0 Å². The maximum absolute atomic E-state index is 12.0. The average molecular weight is 238 g/mol. The number of hydrogen-bond donors (Lipinski definition) is 2. The van der Waals surface area contributed by atoms with Crippen LogP contribution in [0.15, 0.2) is 0 Å². The van der Waals surface area contributed by atoms with Gasteiger partial charge in [-0.2, -0.15) is 0 Å². The number of carbonyl (C=O) groups excluding carboxylic acids is 1. The van der Waals surface area contributed by atoms with Crippen molar-refractivity contribution < 1.29 is 4.79 Å². The molecule has 2 rings (SSSR count). The molecule has 0 spiro atoms. The highest BCUT2D eigenvalue weighted by Crippen LogP contribution is 2.35. The van der Waals surface area contributed by atoms with Crippen molar-refractivity contribution in [2.75, 3.05) is 13.1 Å². The second-order valence-electron chi connectivity index (χ2n) is 5.65. The van der Waals surface area contributed by atoms with E-state index in [9.17, 15) is 4.79 Å². The van der Waals surface area contributed by atoms with Crippen LogP contribution in [-0.4, -0.2) is 25.0 Å². The molecule has 0 bridgehead atoms. The van der Waals surface area contributed by atoms with Gasteiger partial charge in [-0.1, -0.05) is 32.6 Å². The van der Waals surface area contributed by atoms with Crippen LogP contribution in [0.2, 0.25) is 0 Å².